The first-order chi connectivity index (χ1) is 8.52. The van der Waals surface area contributed by atoms with Crippen molar-refractivity contribution in [1.29, 1.82) is 0 Å². The molecule has 0 spiro atoms. The third kappa shape index (κ3) is 5.04. The third-order valence-electron chi connectivity index (χ3n) is 2.68. The molecule has 1 aromatic rings. The van der Waals surface area contributed by atoms with Crippen molar-refractivity contribution in [2.75, 3.05) is 6.54 Å². The minimum absolute atomic E-state index is 0.146. The average Bonchev–Trinajstić information content (AvgIpc) is 2.33. The monoisotopic (exact) mass is 316 g/mol. The second-order valence-electron chi connectivity index (χ2n) is 4.20. The molecule has 0 saturated carbocycles. The van der Waals surface area contributed by atoms with E-state index < -0.39 is 0 Å². The van der Waals surface area contributed by atoms with E-state index in [-0.39, 0.29) is 17.9 Å². The minimum atomic E-state index is -0.248. The van der Waals surface area contributed by atoms with Crippen LogP contribution in [0, 0.1) is 5.82 Å². The van der Waals surface area contributed by atoms with Crippen molar-refractivity contribution >= 4 is 22.0 Å². The maximum absolute atomic E-state index is 13.4. The molecule has 5 heteroatoms. The van der Waals surface area contributed by atoms with E-state index in [1.807, 2.05) is 13.8 Å². The maximum atomic E-state index is 13.4. The van der Waals surface area contributed by atoms with Gasteiger partial charge in [0.25, 0.3) is 0 Å². The summed E-state index contributed by atoms with van der Waals surface area (Å²) in [6.45, 7) is 4.35. The highest BCUT2D eigenvalue weighted by molar-refractivity contribution is 9.10. The second-order valence-corrected chi connectivity index (χ2v) is 5.11. The van der Waals surface area contributed by atoms with Gasteiger partial charge in [-0.25, -0.2) is 9.18 Å². The Bertz CT molecular complexity index is 412. The zero-order chi connectivity index (χ0) is 13.5. The summed E-state index contributed by atoms with van der Waals surface area (Å²) in [5, 5.41) is 5.50. The number of nitrogens with one attached hydrogen (secondary N) is 2. The van der Waals surface area contributed by atoms with Crippen molar-refractivity contribution in [3.8, 4) is 0 Å². The Kier molecular flexibility index (Phi) is 6.12. The van der Waals surface area contributed by atoms with Crippen LogP contribution >= 0.6 is 15.9 Å². The molecule has 100 valence electrons. The molecule has 2 N–H and O–H groups in total. The van der Waals surface area contributed by atoms with Crippen LogP contribution in [0.1, 0.15) is 25.8 Å². The molecule has 2 amide bonds. The number of carbonyl (C=O) groups is 1. The van der Waals surface area contributed by atoms with E-state index in [0.717, 1.165) is 10.9 Å². The summed E-state index contributed by atoms with van der Waals surface area (Å²) in [7, 11) is 0. The van der Waals surface area contributed by atoms with Crippen molar-refractivity contribution in [2.24, 2.45) is 0 Å². The predicted octanol–water partition coefficient (Wildman–Crippen LogP) is 3.23. The fourth-order valence-corrected chi connectivity index (χ4v) is 1.83. The summed E-state index contributed by atoms with van der Waals surface area (Å²) in [5.74, 6) is -0.248. The lowest BCUT2D eigenvalue weighted by Crippen LogP contribution is -2.41. The fourth-order valence-electron chi connectivity index (χ4n) is 1.42. The van der Waals surface area contributed by atoms with Crippen LogP contribution in [0.5, 0.6) is 0 Å². The van der Waals surface area contributed by atoms with Crippen molar-refractivity contribution in [1.82, 2.24) is 10.6 Å². The molecule has 1 unspecified atom stereocenters. The number of urea groups is 1. The quantitative estimate of drug-likeness (QED) is 0.860. The first-order valence-electron chi connectivity index (χ1n) is 6.01. The van der Waals surface area contributed by atoms with Gasteiger partial charge in [-0.2, -0.15) is 0 Å². The number of amides is 2. The van der Waals surface area contributed by atoms with E-state index in [9.17, 15) is 9.18 Å². The van der Waals surface area contributed by atoms with Crippen LogP contribution in [0.15, 0.2) is 22.7 Å². The highest BCUT2D eigenvalue weighted by atomic mass is 79.9. The number of hydrogen-bond acceptors (Lipinski definition) is 1. The molecule has 1 rings (SSSR count). The molecular weight excluding hydrogens is 299 g/mol. The van der Waals surface area contributed by atoms with E-state index in [4.69, 9.17) is 0 Å². The van der Waals surface area contributed by atoms with Gasteiger partial charge in [0.2, 0.25) is 0 Å². The summed E-state index contributed by atoms with van der Waals surface area (Å²) < 4.78 is 14.2. The summed E-state index contributed by atoms with van der Waals surface area (Å²) in [6.07, 6.45) is 1.35. The van der Waals surface area contributed by atoms with Gasteiger partial charge >= 0.3 is 6.03 Å². The molecule has 3 nitrogen and oxygen atoms in total. The summed E-state index contributed by atoms with van der Waals surface area (Å²) in [6, 6.07) is 4.73. The van der Waals surface area contributed by atoms with Crippen LogP contribution in [0.4, 0.5) is 9.18 Å². The van der Waals surface area contributed by atoms with Crippen LogP contribution in [0.2, 0.25) is 0 Å². The topological polar surface area (TPSA) is 41.1 Å². The molecule has 0 aliphatic carbocycles. The zero-order valence-electron chi connectivity index (χ0n) is 10.6. The van der Waals surface area contributed by atoms with Crippen LogP contribution in [0.3, 0.4) is 0 Å². The molecule has 0 aliphatic rings. The lowest BCUT2D eigenvalue weighted by atomic mass is 10.1. The predicted molar refractivity (Wildman–Crippen MR) is 74.1 cm³/mol. The second kappa shape index (κ2) is 7.36. The standard InChI is InChI=1S/C13H18BrFN2O/c1-3-9(2)17-13(18)16-7-6-10-8-11(14)4-5-12(10)15/h4-5,8-9H,3,6-7H2,1-2H3,(H2,16,17,18). The Morgan fingerprint density at radius 2 is 2.22 bits per heavy atom. The zero-order valence-corrected chi connectivity index (χ0v) is 12.2. The SMILES string of the molecule is CCC(C)NC(=O)NCCc1cc(Br)ccc1F. The fraction of sp³-hybridized carbons (Fsp3) is 0.462. The average molecular weight is 317 g/mol. The van der Waals surface area contributed by atoms with Gasteiger partial charge in [0, 0.05) is 17.1 Å². The molecule has 0 heterocycles. The highest BCUT2D eigenvalue weighted by Gasteiger charge is 2.06. The molecule has 1 aromatic carbocycles. The van der Waals surface area contributed by atoms with Crippen LogP contribution in [-0.4, -0.2) is 18.6 Å². The first kappa shape index (κ1) is 15.0. The van der Waals surface area contributed by atoms with Gasteiger partial charge < -0.3 is 10.6 Å². The molecule has 1 atom stereocenters. The van der Waals surface area contributed by atoms with E-state index in [1.54, 1.807) is 12.1 Å². The molecular formula is C13H18BrFN2O. The van der Waals surface area contributed by atoms with Crippen molar-refractivity contribution in [2.45, 2.75) is 32.7 Å². The Morgan fingerprint density at radius 3 is 2.89 bits per heavy atom. The smallest absolute Gasteiger partial charge is 0.315 e. The van der Waals surface area contributed by atoms with Gasteiger partial charge in [-0.1, -0.05) is 22.9 Å². The maximum Gasteiger partial charge on any atom is 0.315 e. The molecule has 0 aliphatic heterocycles. The molecule has 0 radical (unpaired) electrons. The van der Waals surface area contributed by atoms with Gasteiger partial charge in [-0.05, 0) is 43.5 Å². The van der Waals surface area contributed by atoms with Crippen molar-refractivity contribution in [3.63, 3.8) is 0 Å². The highest BCUT2D eigenvalue weighted by Crippen LogP contribution is 2.15. The number of halogens is 2. The number of carbonyl (C=O) groups excluding carboxylic acids is 1. The van der Waals surface area contributed by atoms with Crippen LogP contribution in [-0.2, 0) is 6.42 Å². The summed E-state index contributed by atoms with van der Waals surface area (Å²) in [4.78, 5) is 11.4. The van der Waals surface area contributed by atoms with E-state index in [1.165, 1.54) is 6.07 Å². The number of hydrogen-bond donors (Lipinski definition) is 2. The Labute approximate surface area is 115 Å². The molecule has 0 fully saturated rings. The van der Waals surface area contributed by atoms with Crippen LogP contribution in [0.25, 0.3) is 0 Å². The van der Waals surface area contributed by atoms with E-state index in [0.29, 0.717) is 18.5 Å². The summed E-state index contributed by atoms with van der Waals surface area (Å²) >= 11 is 3.29. The molecule has 0 bridgehead atoms. The van der Waals surface area contributed by atoms with Crippen LogP contribution < -0.4 is 10.6 Å². The Balaban J connectivity index is 2.37. The van der Waals surface area contributed by atoms with Gasteiger partial charge in [-0.15, -0.1) is 0 Å². The Morgan fingerprint density at radius 1 is 1.50 bits per heavy atom. The molecule has 18 heavy (non-hydrogen) atoms. The van der Waals surface area contributed by atoms with Gasteiger partial charge in [0.1, 0.15) is 5.82 Å². The van der Waals surface area contributed by atoms with Gasteiger partial charge in [-0.3, -0.25) is 0 Å². The van der Waals surface area contributed by atoms with Gasteiger partial charge in [0.05, 0.1) is 0 Å². The first-order valence-corrected chi connectivity index (χ1v) is 6.80. The molecule has 0 saturated heterocycles. The number of benzene rings is 1. The largest absolute Gasteiger partial charge is 0.338 e. The lowest BCUT2D eigenvalue weighted by molar-refractivity contribution is 0.237. The van der Waals surface area contributed by atoms with Crippen molar-refractivity contribution < 1.29 is 9.18 Å². The normalized spacial score (nSPS) is 12.0. The van der Waals surface area contributed by atoms with Gasteiger partial charge in [0.15, 0.2) is 0 Å². The lowest BCUT2D eigenvalue weighted by Gasteiger charge is -2.12. The van der Waals surface area contributed by atoms with E-state index >= 15 is 0 Å². The van der Waals surface area contributed by atoms with E-state index in [2.05, 4.69) is 26.6 Å². The molecule has 0 aromatic heterocycles. The third-order valence-corrected chi connectivity index (χ3v) is 3.17. The summed E-state index contributed by atoms with van der Waals surface area (Å²) in [5.41, 5.74) is 0.591. The van der Waals surface area contributed by atoms with Crippen molar-refractivity contribution in [3.05, 3.63) is 34.1 Å². The Hall–Kier alpha value is -1.10. The number of rotatable bonds is 5. The minimum Gasteiger partial charge on any atom is -0.338 e.